The zero-order chi connectivity index (χ0) is 23.6. The molecule has 0 bridgehead atoms. The molecule has 0 atom stereocenters. The summed E-state index contributed by atoms with van der Waals surface area (Å²) in [7, 11) is 0. The van der Waals surface area contributed by atoms with Gasteiger partial charge >= 0.3 is 0 Å². The van der Waals surface area contributed by atoms with Crippen molar-refractivity contribution in [3.8, 4) is 0 Å². The summed E-state index contributed by atoms with van der Waals surface area (Å²) in [5, 5.41) is 0. The van der Waals surface area contributed by atoms with Crippen LogP contribution in [-0.2, 0) is 6.42 Å². The topological polar surface area (TPSA) is 29.0 Å². The van der Waals surface area contributed by atoms with E-state index in [4.69, 9.17) is 0 Å². The van der Waals surface area contributed by atoms with Crippen LogP contribution in [0, 0.1) is 17.6 Å². The number of unbranched alkanes of at least 4 members (excludes halogenated alkanes) is 3. The van der Waals surface area contributed by atoms with E-state index in [9.17, 15) is 8.78 Å². The monoisotopic (exact) mass is 461 g/mol. The molecule has 3 nitrogen and oxygen atoms in total. The molecule has 0 saturated carbocycles. The minimum Gasteiger partial charge on any atom is -0.303 e. The van der Waals surface area contributed by atoms with Crippen molar-refractivity contribution in [1.29, 1.82) is 0 Å². The summed E-state index contributed by atoms with van der Waals surface area (Å²) in [5.41, 5.74) is 3.74. The number of allylic oxidation sites excluding steroid dienone is 1. The van der Waals surface area contributed by atoms with Gasteiger partial charge in [0.15, 0.2) is 0 Å². The van der Waals surface area contributed by atoms with Gasteiger partial charge in [-0.25, -0.2) is 18.7 Å². The second kappa shape index (κ2) is 12.5. The maximum atomic E-state index is 13.9. The molecular formula is C29H33F2N3. The summed E-state index contributed by atoms with van der Waals surface area (Å²) in [6, 6.07) is 13.2. The lowest BCUT2D eigenvalue weighted by atomic mass is 9.89. The van der Waals surface area contributed by atoms with Gasteiger partial charge in [0.2, 0.25) is 0 Å². The highest BCUT2D eigenvalue weighted by molar-refractivity contribution is 5.80. The predicted octanol–water partition coefficient (Wildman–Crippen LogP) is 6.70. The molecule has 0 radical (unpaired) electrons. The summed E-state index contributed by atoms with van der Waals surface area (Å²) < 4.78 is 27.8. The molecule has 1 fully saturated rings. The van der Waals surface area contributed by atoms with E-state index in [0.29, 0.717) is 5.92 Å². The van der Waals surface area contributed by atoms with Crippen molar-refractivity contribution in [2.45, 2.75) is 44.9 Å². The summed E-state index contributed by atoms with van der Waals surface area (Å²) in [5.74, 6) is -0.135. The van der Waals surface area contributed by atoms with Gasteiger partial charge in [-0.2, -0.15) is 0 Å². The van der Waals surface area contributed by atoms with E-state index in [2.05, 4.69) is 20.9 Å². The number of likely N-dealkylation sites (tertiary alicyclic amines) is 1. The Labute approximate surface area is 201 Å². The predicted molar refractivity (Wildman–Crippen MR) is 133 cm³/mol. The molecule has 3 aromatic rings. The van der Waals surface area contributed by atoms with E-state index in [-0.39, 0.29) is 11.6 Å². The van der Waals surface area contributed by atoms with Crippen LogP contribution in [0.4, 0.5) is 8.78 Å². The molecule has 1 aromatic heterocycles. The lowest BCUT2D eigenvalue weighted by molar-refractivity contribution is 0.199. The number of hydrogen-bond donors (Lipinski definition) is 0. The van der Waals surface area contributed by atoms with Crippen molar-refractivity contribution >= 4 is 5.57 Å². The molecule has 1 aliphatic rings. The third kappa shape index (κ3) is 7.29. The van der Waals surface area contributed by atoms with E-state index in [0.717, 1.165) is 55.6 Å². The van der Waals surface area contributed by atoms with Gasteiger partial charge in [0.25, 0.3) is 0 Å². The number of benzene rings is 2. The molecule has 5 heteroatoms. The van der Waals surface area contributed by atoms with E-state index in [1.54, 1.807) is 18.5 Å². The first-order valence-corrected chi connectivity index (χ1v) is 12.4. The number of aromatic nitrogens is 2. The van der Waals surface area contributed by atoms with Crippen LogP contribution < -0.4 is 0 Å². The number of halogens is 2. The van der Waals surface area contributed by atoms with E-state index >= 15 is 0 Å². The Morgan fingerprint density at radius 1 is 0.853 bits per heavy atom. The Bertz CT molecular complexity index is 1010. The molecule has 0 unspecified atom stereocenters. The third-order valence-corrected chi connectivity index (χ3v) is 6.61. The maximum absolute atomic E-state index is 13.9. The molecule has 34 heavy (non-hydrogen) atoms. The number of nitrogens with zero attached hydrogens (tertiary/aromatic N) is 3. The summed E-state index contributed by atoms with van der Waals surface area (Å²) in [4.78, 5) is 10.7. The van der Waals surface area contributed by atoms with Crippen molar-refractivity contribution in [2.24, 2.45) is 5.92 Å². The Morgan fingerprint density at radius 2 is 1.47 bits per heavy atom. The highest BCUT2D eigenvalue weighted by Crippen LogP contribution is 2.29. The van der Waals surface area contributed by atoms with Gasteiger partial charge in [-0.1, -0.05) is 43.2 Å². The fourth-order valence-electron chi connectivity index (χ4n) is 4.73. The van der Waals surface area contributed by atoms with Crippen molar-refractivity contribution in [2.75, 3.05) is 19.6 Å². The van der Waals surface area contributed by atoms with Crippen LogP contribution in [-0.4, -0.2) is 34.5 Å². The Hall–Kier alpha value is -2.92. The van der Waals surface area contributed by atoms with Gasteiger partial charge < -0.3 is 4.90 Å². The largest absolute Gasteiger partial charge is 0.303 e. The van der Waals surface area contributed by atoms with E-state index in [1.165, 1.54) is 55.5 Å². The van der Waals surface area contributed by atoms with Crippen LogP contribution in [0.1, 0.15) is 55.2 Å². The second-order valence-electron chi connectivity index (χ2n) is 9.19. The van der Waals surface area contributed by atoms with Crippen LogP contribution in [0.5, 0.6) is 0 Å². The van der Waals surface area contributed by atoms with Crippen molar-refractivity contribution in [3.63, 3.8) is 0 Å². The molecule has 2 aromatic carbocycles. The van der Waals surface area contributed by atoms with Crippen LogP contribution >= 0.6 is 0 Å². The fourth-order valence-corrected chi connectivity index (χ4v) is 4.73. The highest BCUT2D eigenvalue weighted by Gasteiger charge is 2.19. The van der Waals surface area contributed by atoms with Crippen molar-refractivity contribution < 1.29 is 8.78 Å². The second-order valence-corrected chi connectivity index (χ2v) is 9.19. The van der Waals surface area contributed by atoms with Gasteiger partial charge in [-0.3, -0.25) is 0 Å². The van der Waals surface area contributed by atoms with Crippen molar-refractivity contribution in [3.05, 3.63) is 102 Å². The quantitative estimate of drug-likeness (QED) is 0.315. The first-order chi connectivity index (χ1) is 16.7. The Morgan fingerprint density at radius 3 is 2.09 bits per heavy atom. The summed E-state index contributed by atoms with van der Waals surface area (Å²) in [6.45, 7) is 3.29. The zero-order valence-corrected chi connectivity index (χ0v) is 19.7. The first-order valence-electron chi connectivity index (χ1n) is 12.4. The molecule has 1 saturated heterocycles. The van der Waals surface area contributed by atoms with E-state index in [1.807, 2.05) is 24.5 Å². The SMILES string of the molecule is Fc1cccc(C(=CC2CCN(CCCCCCc3cncnc3)CC2)c2cccc(F)c2)c1. The summed E-state index contributed by atoms with van der Waals surface area (Å²) >= 11 is 0. The van der Waals surface area contributed by atoms with Crippen LogP contribution in [0.3, 0.4) is 0 Å². The lowest BCUT2D eigenvalue weighted by Gasteiger charge is -2.31. The molecule has 0 amide bonds. The molecule has 0 N–H and O–H groups in total. The van der Waals surface area contributed by atoms with Crippen LogP contribution in [0.25, 0.3) is 5.57 Å². The first kappa shape index (κ1) is 24.2. The number of piperidine rings is 1. The molecule has 0 aliphatic carbocycles. The van der Waals surface area contributed by atoms with Crippen molar-refractivity contribution in [1.82, 2.24) is 14.9 Å². The van der Waals surface area contributed by atoms with E-state index < -0.39 is 0 Å². The molecular weight excluding hydrogens is 428 g/mol. The number of rotatable bonds is 10. The normalized spacial score (nSPS) is 14.8. The van der Waals surface area contributed by atoms with Gasteiger partial charge in [-0.05, 0) is 104 Å². The summed E-state index contributed by atoms with van der Waals surface area (Å²) in [6.07, 6.45) is 15.7. The van der Waals surface area contributed by atoms with Gasteiger partial charge in [-0.15, -0.1) is 0 Å². The molecule has 0 spiro atoms. The average molecular weight is 462 g/mol. The minimum atomic E-state index is -0.272. The smallest absolute Gasteiger partial charge is 0.123 e. The Kier molecular flexibility index (Phi) is 8.91. The van der Waals surface area contributed by atoms with Crippen LogP contribution in [0.15, 0.2) is 73.3 Å². The third-order valence-electron chi connectivity index (χ3n) is 6.61. The average Bonchev–Trinajstić information content (AvgIpc) is 2.86. The molecule has 178 valence electrons. The lowest BCUT2D eigenvalue weighted by Crippen LogP contribution is -2.34. The Balaban J connectivity index is 1.26. The standard InChI is InChI=1S/C29H33F2N3/c30-27-10-5-8-25(18-27)29(26-9-6-11-28(31)19-26)17-23-12-15-34(16-13-23)14-4-2-1-3-7-24-20-32-22-33-21-24/h5-6,8-11,17-23H,1-4,7,12-16H2. The zero-order valence-electron chi connectivity index (χ0n) is 19.7. The van der Waals surface area contributed by atoms with Gasteiger partial charge in [0.1, 0.15) is 18.0 Å². The fraction of sp³-hybridized carbons (Fsp3) is 0.379. The highest BCUT2D eigenvalue weighted by atomic mass is 19.1. The molecule has 4 rings (SSSR count). The molecule has 1 aliphatic heterocycles. The van der Waals surface area contributed by atoms with Crippen LogP contribution in [0.2, 0.25) is 0 Å². The van der Waals surface area contributed by atoms with Gasteiger partial charge in [0, 0.05) is 12.4 Å². The minimum absolute atomic E-state index is 0.272. The number of hydrogen-bond acceptors (Lipinski definition) is 3. The molecule has 2 heterocycles. The maximum Gasteiger partial charge on any atom is 0.123 e. The van der Waals surface area contributed by atoms with Gasteiger partial charge in [0.05, 0.1) is 0 Å². The number of aryl methyl sites for hydroxylation is 1.